The maximum atomic E-state index is 13.2. The molecular formula is C42H48N2O9. The first-order valence-electron chi connectivity index (χ1n) is 18.2. The van der Waals surface area contributed by atoms with E-state index in [1.807, 2.05) is 91.9 Å². The monoisotopic (exact) mass is 724 g/mol. The van der Waals surface area contributed by atoms with Crippen LogP contribution >= 0.6 is 0 Å². The lowest BCUT2D eigenvalue weighted by atomic mass is 9.87. The molecule has 2 unspecified atom stereocenters. The lowest BCUT2D eigenvalue weighted by Crippen LogP contribution is -2.47. The molecule has 2 atom stereocenters. The summed E-state index contributed by atoms with van der Waals surface area (Å²) in [6.45, 7) is 5.81. The third-order valence-corrected chi connectivity index (χ3v) is 9.23. The maximum absolute atomic E-state index is 13.2. The molecule has 1 fully saturated rings. The van der Waals surface area contributed by atoms with Crippen molar-refractivity contribution in [1.82, 2.24) is 4.90 Å². The molecule has 280 valence electrons. The van der Waals surface area contributed by atoms with E-state index in [4.69, 9.17) is 33.2 Å². The van der Waals surface area contributed by atoms with Gasteiger partial charge in [0.1, 0.15) is 42.8 Å². The lowest BCUT2D eigenvalue weighted by Gasteiger charge is -2.38. The molecule has 0 N–H and O–H groups in total. The Labute approximate surface area is 311 Å². The zero-order valence-electron chi connectivity index (χ0n) is 30.4. The first-order chi connectivity index (χ1) is 26.0. The average Bonchev–Trinajstić information content (AvgIpc) is 3.19. The fourth-order valence-electron chi connectivity index (χ4n) is 6.55. The van der Waals surface area contributed by atoms with E-state index in [2.05, 4.69) is 12.1 Å². The van der Waals surface area contributed by atoms with Gasteiger partial charge in [0.15, 0.2) is 6.61 Å². The number of hydrogen-bond acceptors (Lipinski definition) is 9. The second-order valence-corrected chi connectivity index (χ2v) is 12.9. The van der Waals surface area contributed by atoms with Gasteiger partial charge in [0, 0.05) is 38.8 Å². The minimum absolute atomic E-state index is 0.0107. The van der Waals surface area contributed by atoms with Gasteiger partial charge in [-0.1, -0.05) is 54.6 Å². The Morgan fingerprint density at radius 1 is 0.811 bits per heavy atom. The summed E-state index contributed by atoms with van der Waals surface area (Å²) in [6, 6.07) is 31.0. The predicted octanol–water partition coefficient (Wildman–Crippen LogP) is 7.02. The van der Waals surface area contributed by atoms with Gasteiger partial charge < -0.3 is 43.0 Å². The number of ether oxygens (including phenoxy) is 7. The largest absolute Gasteiger partial charge is 0.494 e. The van der Waals surface area contributed by atoms with Gasteiger partial charge in [-0.05, 0) is 72.9 Å². The van der Waals surface area contributed by atoms with Crippen LogP contribution in [0.4, 0.5) is 10.5 Å². The van der Waals surface area contributed by atoms with E-state index in [9.17, 15) is 9.59 Å². The van der Waals surface area contributed by atoms with Crippen LogP contribution in [-0.4, -0.2) is 82.8 Å². The zero-order chi connectivity index (χ0) is 36.8. The van der Waals surface area contributed by atoms with Gasteiger partial charge >= 0.3 is 6.09 Å². The van der Waals surface area contributed by atoms with Crippen LogP contribution in [0.3, 0.4) is 0 Å². The molecule has 11 nitrogen and oxygen atoms in total. The van der Waals surface area contributed by atoms with E-state index in [0.717, 1.165) is 39.6 Å². The molecular weight excluding hydrogens is 676 g/mol. The van der Waals surface area contributed by atoms with E-state index in [1.54, 1.807) is 16.9 Å². The van der Waals surface area contributed by atoms with Crippen LogP contribution < -0.4 is 23.8 Å². The van der Waals surface area contributed by atoms with Gasteiger partial charge in [-0.2, -0.15) is 0 Å². The number of piperidine rings is 1. The van der Waals surface area contributed by atoms with Gasteiger partial charge in [-0.3, -0.25) is 4.79 Å². The molecule has 4 aromatic rings. The minimum atomic E-state index is -0.368. The van der Waals surface area contributed by atoms with Crippen LogP contribution in [0.2, 0.25) is 0 Å². The summed E-state index contributed by atoms with van der Waals surface area (Å²) < 4.78 is 40.6. The Balaban J connectivity index is 1.10. The smallest absolute Gasteiger partial charge is 0.410 e. The second kappa shape index (κ2) is 19.0. The van der Waals surface area contributed by atoms with Crippen LogP contribution in [0.1, 0.15) is 42.4 Å². The number of anilines is 1. The van der Waals surface area contributed by atoms with Gasteiger partial charge in [-0.15, -0.1) is 0 Å². The fourth-order valence-corrected chi connectivity index (χ4v) is 6.55. The van der Waals surface area contributed by atoms with E-state index in [-0.39, 0.29) is 43.8 Å². The molecule has 2 aliphatic rings. The summed E-state index contributed by atoms with van der Waals surface area (Å²) in [5, 5.41) is 0. The lowest BCUT2D eigenvalue weighted by molar-refractivity contribution is -0.121. The van der Waals surface area contributed by atoms with Crippen molar-refractivity contribution in [2.45, 2.75) is 45.0 Å². The summed E-state index contributed by atoms with van der Waals surface area (Å²) >= 11 is 0. The Morgan fingerprint density at radius 2 is 1.58 bits per heavy atom. The second-order valence-electron chi connectivity index (χ2n) is 12.9. The summed E-state index contributed by atoms with van der Waals surface area (Å²) in [6.07, 6.45) is 0.725. The Morgan fingerprint density at radius 3 is 2.36 bits per heavy atom. The number of likely N-dealkylation sites (tertiary alicyclic amines) is 1. The van der Waals surface area contributed by atoms with Crippen molar-refractivity contribution in [3.05, 3.63) is 114 Å². The van der Waals surface area contributed by atoms with E-state index in [1.165, 1.54) is 0 Å². The third kappa shape index (κ3) is 10.4. The van der Waals surface area contributed by atoms with Gasteiger partial charge in [0.25, 0.3) is 5.91 Å². The molecule has 4 aromatic carbocycles. The Kier molecular flexibility index (Phi) is 13.4. The number of nitrogens with zero attached hydrogens (tertiary/aromatic N) is 2. The number of fused-ring (bicyclic) bond motifs is 1. The molecule has 11 heteroatoms. The number of carbonyl (C=O) groups is 2. The molecule has 2 heterocycles. The summed E-state index contributed by atoms with van der Waals surface area (Å²) in [7, 11) is 1.65. The van der Waals surface area contributed by atoms with E-state index >= 15 is 0 Å². The molecule has 2 amide bonds. The first kappa shape index (κ1) is 37.5. The number of hydrogen-bond donors (Lipinski definition) is 0. The van der Waals surface area contributed by atoms with Crippen molar-refractivity contribution < 1.29 is 42.7 Å². The van der Waals surface area contributed by atoms with E-state index < -0.39 is 0 Å². The van der Waals surface area contributed by atoms with Crippen LogP contribution in [0, 0.1) is 0 Å². The molecule has 0 saturated carbocycles. The normalized spacial score (nSPS) is 16.8. The molecule has 2 aliphatic heterocycles. The molecule has 1 saturated heterocycles. The quantitative estimate of drug-likeness (QED) is 0.106. The number of carbonyl (C=O) groups excluding carboxylic acids is 2. The SMILES string of the molecule is CCOc1cccc(OCCOc2ccc(C3CCN(C(=O)OCc4ccccc4)CC3OCc3ccc4c(c3)N(CCCOC)C(=O)CO4)cc2)c1. The summed E-state index contributed by atoms with van der Waals surface area (Å²) in [5.41, 5.74) is 3.65. The highest BCUT2D eigenvalue weighted by molar-refractivity contribution is 5.97. The summed E-state index contributed by atoms with van der Waals surface area (Å²) in [4.78, 5) is 29.5. The maximum Gasteiger partial charge on any atom is 0.410 e. The Hall–Kier alpha value is -5.26. The average molecular weight is 725 g/mol. The van der Waals surface area contributed by atoms with Crippen molar-refractivity contribution in [2.24, 2.45) is 0 Å². The van der Waals surface area contributed by atoms with Crippen molar-refractivity contribution in [2.75, 3.05) is 64.7 Å². The number of rotatable bonds is 17. The van der Waals surface area contributed by atoms with Gasteiger partial charge in [0.05, 0.1) is 31.5 Å². The zero-order valence-corrected chi connectivity index (χ0v) is 30.4. The highest BCUT2D eigenvalue weighted by Crippen LogP contribution is 2.36. The van der Waals surface area contributed by atoms with Crippen molar-refractivity contribution in [1.29, 1.82) is 0 Å². The van der Waals surface area contributed by atoms with Crippen LogP contribution in [0.5, 0.6) is 23.0 Å². The summed E-state index contributed by atoms with van der Waals surface area (Å²) in [5.74, 6) is 2.84. The third-order valence-electron chi connectivity index (χ3n) is 9.23. The molecule has 0 aliphatic carbocycles. The van der Waals surface area contributed by atoms with E-state index in [0.29, 0.717) is 64.7 Å². The highest BCUT2D eigenvalue weighted by Gasteiger charge is 2.34. The molecule has 53 heavy (non-hydrogen) atoms. The standard InChI is InChI=1S/C42H48N2O9/c1-3-48-35-11-7-12-36(26-35)50-24-23-49-34-16-14-33(15-17-34)37-19-21-43(42(46)53-28-31-9-5-4-6-10-31)27-40(37)51-29-32-13-18-39-38(25-32)44(20-8-22-47-2)41(45)30-52-39/h4-7,9-18,25-26,37,40H,3,8,19-24,27-30H2,1-2H3. The van der Waals surface area contributed by atoms with Gasteiger partial charge in [-0.25, -0.2) is 4.79 Å². The molecule has 0 radical (unpaired) electrons. The van der Waals surface area contributed by atoms with Crippen molar-refractivity contribution in [3.8, 4) is 23.0 Å². The van der Waals surface area contributed by atoms with Crippen molar-refractivity contribution in [3.63, 3.8) is 0 Å². The molecule has 6 rings (SSSR count). The predicted molar refractivity (Wildman–Crippen MR) is 200 cm³/mol. The molecule has 0 bridgehead atoms. The van der Waals surface area contributed by atoms with Crippen LogP contribution in [-0.2, 0) is 32.2 Å². The number of methoxy groups -OCH3 is 1. The Bertz CT molecular complexity index is 1770. The van der Waals surface area contributed by atoms with Crippen LogP contribution in [0.15, 0.2) is 97.1 Å². The van der Waals surface area contributed by atoms with Gasteiger partial charge in [0.2, 0.25) is 0 Å². The number of benzene rings is 4. The molecule has 0 spiro atoms. The highest BCUT2D eigenvalue weighted by atomic mass is 16.6. The topological polar surface area (TPSA) is 105 Å². The number of amides is 2. The molecule has 0 aromatic heterocycles. The minimum Gasteiger partial charge on any atom is -0.494 e. The fraction of sp³-hybridized carbons (Fsp3) is 0.381. The van der Waals surface area contributed by atoms with Crippen LogP contribution in [0.25, 0.3) is 0 Å². The first-order valence-corrected chi connectivity index (χ1v) is 18.2. The van der Waals surface area contributed by atoms with Crippen molar-refractivity contribution >= 4 is 17.7 Å².